The number of hydrogen-bond donors (Lipinski definition) is 3. The molecule has 1 aromatic carbocycles. The number of esters is 1. The molecule has 0 saturated heterocycles. The molecule has 102 valence electrons. The summed E-state index contributed by atoms with van der Waals surface area (Å²) in [5.41, 5.74) is 1.73. The van der Waals surface area contributed by atoms with E-state index < -0.39 is 0 Å². The van der Waals surface area contributed by atoms with Crippen LogP contribution in [0.25, 0.3) is 0 Å². The molecule has 0 fully saturated rings. The average Bonchev–Trinajstić information content (AvgIpc) is 2.40. The number of rotatable bonds is 5. The fourth-order valence-electron chi connectivity index (χ4n) is 1.09. The lowest BCUT2D eigenvalue weighted by molar-refractivity contribution is 0.0600. The molecule has 0 aliphatic rings. The number of carbonyl (C=O) groups excluding carboxylic acids is 1. The van der Waals surface area contributed by atoms with Gasteiger partial charge in [-0.2, -0.15) is 0 Å². The molecule has 1 aromatic rings. The van der Waals surface area contributed by atoms with Crippen molar-refractivity contribution in [2.24, 2.45) is 0 Å². The van der Waals surface area contributed by atoms with Crippen LogP contribution in [-0.4, -0.2) is 49.6 Å². The van der Waals surface area contributed by atoms with Gasteiger partial charge in [0.25, 0.3) is 0 Å². The number of aryl methyl sites for hydroxylation is 1. The molecule has 0 saturated carbocycles. The Kier molecular flexibility index (Phi) is 9.86. The van der Waals surface area contributed by atoms with Gasteiger partial charge in [0, 0.05) is 13.1 Å². The van der Waals surface area contributed by atoms with Crippen LogP contribution in [0, 0.1) is 6.92 Å². The molecule has 0 aliphatic carbocycles. The van der Waals surface area contributed by atoms with Gasteiger partial charge in [0.15, 0.2) is 0 Å². The first kappa shape index (κ1) is 16.6. The minimum absolute atomic E-state index is 0.139. The molecule has 5 heteroatoms. The molecule has 1 rings (SSSR count). The Bertz CT molecular complexity index is 320. The van der Waals surface area contributed by atoms with Crippen molar-refractivity contribution in [3.8, 4) is 0 Å². The number of benzene rings is 1. The van der Waals surface area contributed by atoms with Gasteiger partial charge < -0.3 is 20.3 Å². The summed E-state index contributed by atoms with van der Waals surface area (Å²) in [4.78, 5) is 10.9. The SMILES string of the molecule is COC(=O)c1ccc(C)cc1.OCCNCCO. The smallest absolute Gasteiger partial charge is 0.337 e. The zero-order chi connectivity index (χ0) is 13.8. The Labute approximate surface area is 107 Å². The van der Waals surface area contributed by atoms with E-state index in [1.807, 2.05) is 19.1 Å². The van der Waals surface area contributed by atoms with Crippen molar-refractivity contribution in [1.29, 1.82) is 0 Å². The highest BCUT2D eigenvalue weighted by molar-refractivity contribution is 5.89. The number of methoxy groups -OCH3 is 1. The number of aliphatic hydroxyl groups is 2. The van der Waals surface area contributed by atoms with Gasteiger partial charge >= 0.3 is 5.97 Å². The second-order valence-electron chi connectivity index (χ2n) is 3.55. The van der Waals surface area contributed by atoms with Crippen LogP contribution in [0.3, 0.4) is 0 Å². The summed E-state index contributed by atoms with van der Waals surface area (Å²) in [6.07, 6.45) is 0. The maximum atomic E-state index is 10.9. The molecular formula is C13H21NO4. The molecule has 0 aliphatic heterocycles. The fraction of sp³-hybridized carbons (Fsp3) is 0.462. The summed E-state index contributed by atoms with van der Waals surface area (Å²) < 4.78 is 4.54. The summed E-state index contributed by atoms with van der Waals surface area (Å²) in [6, 6.07) is 7.26. The van der Waals surface area contributed by atoms with E-state index >= 15 is 0 Å². The highest BCUT2D eigenvalue weighted by Crippen LogP contribution is 2.03. The van der Waals surface area contributed by atoms with Crippen molar-refractivity contribution >= 4 is 5.97 Å². The zero-order valence-corrected chi connectivity index (χ0v) is 10.8. The number of aliphatic hydroxyl groups excluding tert-OH is 2. The van der Waals surface area contributed by atoms with Gasteiger partial charge in [0.1, 0.15) is 0 Å². The van der Waals surface area contributed by atoms with Gasteiger partial charge in [-0.25, -0.2) is 4.79 Å². The van der Waals surface area contributed by atoms with Crippen LogP contribution in [-0.2, 0) is 4.74 Å². The number of nitrogens with one attached hydrogen (secondary N) is 1. The molecule has 0 radical (unpaired) electrons. The van der Waals surface area contributed by atoms with Crippen LogP contribution in [0.4, 0.5) is 0 Å². The first-order valence-electron chi connectivity index (χ1n) is 5.73. The molecule has 18 heavy (non-hydrogen) atoms. The van der Waals surface area contributed by atoms with E-state index in [9.17, 15) is 4.79 Å². The van der Waals surface area contributed by atoms with Crippen molar-refractivity contribution in [2.45, 2.75) is 6.92 Å². The summed E-state index contributed by atoms with van der Waals surface area (Å²) in [6.45, 7) is 3.39. The Hall–Kier alpha value is -1.43. The number of ether oxygens (including phenoxy) is 1. The topological polar surface area (TPSA) is 78.8 Å². The van der Waals surface area contributed by atoms with Crippen molar-refractivity contribution < 1.29 is 19.7 Å². The second kappa shape index (κ2) is 10.7. The average molecular weight is 255 g/mol. The Morgan fingerprint density at radius 2 is 1.67 bits per heavy atom. The van der Waals surface area contributed by atoms with Crippen molar-refractivity contribution in [3.63, 3.8) is 0 Å². The quantitative estimate of drug-likeness (QED) is 0.522. The van der Waals surface area contributed by atoms with Crippen LogP contribution < -0.4 is 5.32 Å². The third-order valence-electron chi connectivity index (χ3n) is 2.05. The summed E-state index contributed by atoms with van der Waals surface area (Å²) in [7, 11) is 1.38. The van der Waals surface area contributed by atoms with E-state index in [1.54, 1.807) is 12.1 Å². The molecule has 3 N–H and O–H groups in total. The predicted molar refractivity (Wildman–Crippen MR) is 69.6 cm³/mol. The summed E-state index contributed by atoms with van der Waals surface area (Å²) in [5, 5.41) is 19.1. The second-order valence-corrected chi connectivity index (χ2v) is 3.55. The Morgan fingerprint density at radius 3 is 2.06 bits per heavy atom. The van der Waals surface area contributed by atoms with Gasteiger partial charge in [0.05, 0.1) is 25.9 Å². The van der Waals surface area contributed by atoms with Crippen molar-refractivity contribution in [2.75, 3.05) is 33.4 Å². The molecule has 0 unspecified atom stereocenters. The standard InChI is InChI=1S/C9H10O2.C4H11NO2/c1-7-3-5-8(6-4-7)9(10)11-2;6-3-1-5-2-4-7/h3-6H,1-2H3;5-7H,1-4H2. The molecule has 0 bridgehead atoms. The molecule has 0 amide bonds. The lowest BCUT2D eigenvalue weighted by Gasteiger charge is -1.97. The normalized spacial score (nSPS) is 9.33. The third-order valence-corrected chi connectivity index (χ3v) is 2.05. The first-order chi connectivity index (χ1) is 8.65. The minimum Gasteiger partial charge on any atom is -0.465 e. The van der Waals surface area contributed by atoms with Crippen LogP contribution >= 0.6 is 0 Å². The van der Waals surface area contributed by atoms with Crippen LogP contribution in [0.1, 0.15) is 15.9 Å². The fourth-order valence-corrected chi connectivity index (χ4v) is 1.09. The first-order valence-corrected chi connectivity index (χ1v) is 5.73. The van der Waals surface area contributed by atoms with E-state index in [0.717, 1.165) is 5.56 Å². The minimum atomic E-state index is -0.287. The largest absolute Gasteiger partial charge is 0.465 e. The Balaban J connectivity index is 0.000000360. The highest BCUT2D eigenvalue weighted by atomic mass is 16.5. The molecule has 0 atom stereocenters. The molecule has 5 nitrogen and oxygen atoms in total. The van der Waals surface area contributed by atoms with E-state index in [2.05, 4.69) is 10.1 Å². The Morgan fingerprint density at radius 1 is 1.17 bits per heavy atom. The van der Waals surface area contributed by atoms with E-state index in [0.29, 0.717) is 18.7 Å². The van der Waals surface area contributed by atoms with Crippen molar-refractivity contribution in [3.05, 3.63) is 35.4 Å². The van der Waals surface area contributed by atoms with Crippen molar-refractivity contribution in [1.82, 2.24) is 5.32 Å². The maximum absolute atomic E-state index is 10.9. The zero-order valence-electron chi connectivity index (χ0n) is 10.8. The van der Waals surface area contributed by atoms with E-state index in [4.69, 9.17) is 10.2 Å². The van der Waals surface area contributed by atoms with Gasteiger partial charge in [-0.3, -0.25) is 0 Å². The van der Waals surface area contributed by atoms with E-state index in [-0.39, 0.29) is 19.2 Å². The lowest BCUT2D eigenvalue weighted by atomic mass is 10.2. The van der Waals surface area contributed by atoms with Gasteiger partial charge in [-0.1, -0.05) is 17.7 Å². The molecule has 0 spiro atoms. The maximum Gasteiger partial charge on any atom is 0.337 e. The lowest BCUT2D eigenvalue weighted by Crippen LogP contribution is -2.21. The van der Waals surface area contributed by atoms with Gasteiger partial charge in [-0.15, -0.1) is 0 Å². The van der Waals surface area contributed by atoms with Crippen LogP contribution in [0.5, 0.6) is 0 Å². The third kappa shape index (κ3) is 7.78. The van der Waals surface area contributed by atoms with Crippen LogP contribution in [0.15, 0.2) is 24.3 Å². The number of hydrogen-bond acceptors (Lipinski definition) is 5. The summed E-state index contributed by atoms with van der Waals surface area (Å²) >= 11 is 0. The van der Waals surface area contributed by atoms with Crippen LogP contribution in [0.2, 0.25) is 0 Å². The number of carbonyl (C=O) groups is 1. The molecule has 0 aromatic heterocycles. The molecular weight excluding hydrogens is 234 g/mol. The van der Waals surface area contributed by atoms with E-state index in [1.165, 1.54) is 7.11 Å². The predicted octanol–water partition coefficient (Wildman–Crippen LogP) is 0.342. The summed E-state index contributed by atoms with van der Waals surface area (Å²) in [5.74, 6) is -0.287. The van der Waals surface area contributed by atoms with Gasteiger partial charge in [0.2, 0.25) is 0 Å². The molecule has 0 heterocycles. The monoisotopic (exact) mass is 255 g/mol. The highest BCUT2D eigenvalue weighted by Gasteiger charge is 2.01. The van der Waals surface area contributed by atoms with Gasteiger partial charge in [-0.05, 0) is 19.1 Å².